The third kappa shape index (κ3) is 4.62. The maximum Gasteiger partial charge on any atom is 0.341 e. The van der Waals surface area contributed by atoms with Gasteiger partial charge in [0.2, 0.25) is 15.7 Å². The monoisotopic (exact) mass is 368 g/mol. The maximum absolute atomic E-state index is 12.4. The van der Waals surface area contributed by atoms with E-state index in [2.05, 4.69) is 5.32 Å². The number of carbonyl (C=O) groups is 1. The number of amides is 1. The van der Waals surface area contributed by atoms with E-state index in [1.165, 1.54) is 12.1 Å². The summed E-state index contributed by atoms with van der Waals surface area (Å²) in [5.74, 6) is -3.50. The molecule has 1 aromatic carbocycles. The van der Waals surface area contributed by atoms with E-state index < -0.39 is 20.5 Å². The zero-order valence-corrected chi connectivity index (χ0v) is 14.2. The largest absolute Gasteiger partial charge is 0.341 e. The van der Waals surface area contributed by atoms with Crippen LogP contribution in [0.1, 0.15) is 12.5 Å². The van der Waals surface area contributed by atoms with Crippen LogP contribution < -0.4 is 5.32 Å². The SMILES string of the molecule is C[C@@H]1CNCCN1C(=O)Cc1ccc(S(=O)(=O)C(F)F)cc1.Cl. The first-order valence-electron chi connectivity index (χ1n) is 6.93. The topological polar surface area (TPSA) is 66.5 Å². The van der Waals surface area contributed by atoms with Crippen LogP contribution in [0, 0.1) is 0 Å². The summed E-state index contributed by atoms with van der Waals surface area (Å²) in [5, 5.41) is 3.19. The highest BCUT2D eigenvalue weighted by Crippen LogP contribution is 2.19. The number of hydrogen-bond acceptors (Lipinski definition) is 4. The van der Waals surface area contributed by atoms with Crippen molar-refractivity contribution in [3.05, 3.63) is 29.8 Å². The van der Waals surface area contributed by atoms with Crippen molar-refractivity contribution in [3.8, 4) is 0 Å². The molecular weight excluding hydrogens is 350 g/mol. The first-order valence-corrected chi connectivity index (χ1v) is 8.48. The molecule has 1 saturated heterocycles. The van der Waals surface area contributed by atoms with E-state index in [9.17, 15) is 22.0 Å². The molecule has 1 N–H and O–H groups in total. The number of nitrogens with zero attached hydrogens (tertiary/aromatic N) is 1. The number of alkyl halides is 2. The molecule has 0 bridgehead atoms. The van der Waals surface area contributed by atoms with E-state index in [0.717, 1.165) is 25.2 Å². The van der Waals surface area contributed by atoms with Gasteiger partial charge < -0.3 is 10.2 Å². The Balaban J connectivity index is 0.00000264. The second-order valence-corrected chi connectivity index (χ2v) is 7.18. The van der Waals surface area contributed by atoms with Gasteiger partial charge in [0, 0.05) is 25.7 Å². The Morgan fingerprint density at radius 2 is 1.96 bits per heavy atom. The Kier molecular flexibility index (Phi) is 6.91. The van der Waals surface area contributed by atoms with Gasteiger partial charge in [-0.2, -0.15) is 8.78 Å². The summed E-state index contributed by atoms with van der Waals surface area (Å²) in [6.45, 7) is 4.04. The fraction of sp³-hybridized carbons (Fsp3) is 0.500. The van der Waals surface area contributed by atoms with Crippen LogP contribution in [0.25, 0.3) is 0 Å². The number of piperazine rings is 1. The van der Waals surface area contributed by atoms with Crippen LogP contribution in [-0.2, 0) is 21.1 Å². The van der Waals surface area contributed by atoms with E-state index in [1.807, 2.05) is 6.92 Å². The molecule has 0 unspecified atom stereocenters. The molecule has 0 radical (unpaired) electrons. The Hall–Kier alpha value is -1.25. The minimum atomic E-state index is -4.59. The summed E-state index contributed by atoms with van der Waals surface area (Å²) in [6.07, 6.45) is 0.124. The van der Waals surface area contributed by atoms with Gasteiger partial charge in [-0.25, -0.2) is 8.42 Å². The summed E-state index contributed by atoms with van der Waals surface area (Å²) >= 11 is 0. The highest BCUT2D eigenvalue weighted by Gasteiger charge is 2.27. The molecule has 1 aliphatic rings. The van der Waals surface area contributed by atoms with Crippen molar-refractivity contribution in [2.24, 2.45) is 0 Å². The summed E-state index contributed by atoms with van der Waals surface area (Å²) in [7, 11) is -4.59. The van der Waals surface area contributed by atoms with Crippen LogP contribution in [-0.4, -0.2) is 50.7 Å². The lowest BCUT2D eigenvalue weighted by atomic mass is 10.1. The molecule has 1 heterocycles. The van der Waals surface area contributed by atoms with Gasteiger partial charge in [-0.15, -0.1) is 12.4 Å². The number of carbonyl (C=O) groups excluding carboxylic acids is 1. The van der Waals surface area contributed by atoms with E-state index in [-0.39, 0.29) is 30.8 Å². The van der Waals surface area contributed by atoms with E-state index in [0.29, 0.717) is 12.1 Å². The second-order valence-electron chi connectivity index (χ2n) is 5.27. The van der Waals surface area contributed by atoms with Gasteiger partial charge in [-0.05, 0) is 24.6 Å². The van der Waals surface area contributed by atoms with E-state index >= 15 is 0 Å². The standard InChI is InChI=1S/C14H18F2N2O3S.ClH/c1-10-9-17-6-7-18(10)13(19)8-11-2-4-12(5-3-11)22(20,21)14(15)16;/h2-5,10,14,17H,6-9H2,1H3;1H/t10-;/m1./s1. The molecule has 0 aromatic heterocycles. The average molecular weight is 369 g/mol. The summed E-state index contributed by atoms with van der Waals surface area (Å²) in [6, 6.07) is 5.14. The quantitative estimate of drug-likeness (QED) is 0.874. The molecule has 2 rings (SSSR count). The van der Waals surface area contributed by atoms with Crippen LogP contribution in [0.5, 0.6) is 0 Å². The molecule has 1 aromatic rings. The number of benzene rings is 1. The molecule has 5 nitrogen and oxygen atoms in total. The number of rotatable bonds is 4. The van der Waals surface area contributed by atoms with Gasteiger partial charge in [-0.3, -0.25) is 4.79 Å². The Bertz CT molecular complexity index is 638. The zero-order valence-electron chi connectivity index (χ0n) is 12.5. The fourth-order valence-corrected chi connectivity index (χ4v) is 3.11. The lowest BCUT2D eigenvalue weighted by Gasteiger charge is -2.34. The van der Waals surface area contributed by atoms with Crippen LogP contribution in [0.4, 0.5) is 8.78 Å². The molecule has 9 heteroatoms. The van der Waals surface area contributed by atoms with Crippen molar-refractivity contribution in [2.75, 3.05) is 19.6 Å². The average Bonchev–Trinajstić information content (AvgIpc) is 2.48. The fourth-order valence-electron chi connectivity index (χ4n) is 2.39. The lowest BCUT2D eigenvalue weighted by molar-refractivity contribution is -0.133. The van der Waals surface area contributed by atoms with Gasteiger partial charge >= 0.3 is 5.76 Å². The third-order valence-electron chi connectivity index (χ3n) is 3.66. The number of halogens is 3. The van der Waals surface area contributed by atoms with Crippen molar-refractivity contribution < 1.29 is 22.0 Å². The molecule has 0 aliphatic carbocycles. The van der Waals surface area contributed by atoms with E-state index in [1.54, 1.807) is 4.90 Å². The Labute approximate surface area is 140 Å². The Morgan fingerprint density at radius 1 is 1.35 bits per heavy atom. The number of hydrogen-bond donors (Lipinski definition) is 1. The predicted octanol–water partition coefficient (Wildman–Crippen LogP) is 1.47. The van der Waals surface area contributed by atoms with Crippen LogP contribution in [0.3, 0.4) is 0 Å². The molecule has 0 saturated carbocycles. The van der Waals surface area contributed by atoms with Crippen molar-refractivity contribution in [1.82, 2.24) is 10.2 Å². The van der Waals surface area contributed by atoms with Crippen LogP contribution in [0.2, 0.25) is 0 Å². The van der Waals surface area contributed by atoms with Gasteiger partial charge in [-0.1, -0.05) is 12.1 Å². The molecule has 130 valence electrons. The molecule has 1 fully saturated rings. The van der Waals surface area contributed by atoms with Crippen molar-refractivity contribution in [3.63, 3.8) is 0 Å². The normalized spacial score (nSPS) is 18.6. The molecule has 1 amide bonds. The molecule has 0 spiro atoms. The van der Waals surface area contributed by atoms with Gasteiger partial charge in [0.15, 0.2) is 0 Å². The highest BCUT2D eigenvalue weighted by atomic mass is 35.5. The predicted molar refractivity (Wildman–Crippen MR) is 84.6 cm³/mol. The molecule has 23 heavy (non-hydrogen) atoms. The first-order chi connectivity index (χ1) is 10.3. The van der Waals surface area contributed by atoms with Gasteiger partial charge in [0.1, 0.15) is 0 Å². The Morgan fingerprint density at radius 3 is 2.48 bits per heavy atom. The maximum atomic E-state index is 12.4. The number of sulfone groups is 1. The van der Waals surface area contributed by atoms with Gasteiger partial charge in [0.25, 0.3) is 0 Å². The minimum Gasteiger partial charge on any atom is -0.337 e. The lowest BCUT2D eigenvalue weighted by Crippen LogP contribution is -2.52. The first kappa shape index (κ1) is 19.8. The van der Waals surface area contributed by atoms with E-state index in [4.69, 9.17) is 0 Å². The number of nitrogens with one attached hydrogen (secondary N) is 1. The highest BCUT2D eigenvalue weighted by molar-refractivity contribution is 7.91. The minimum absolute atomic E-state index is 0. The summed E-state index contributed by atoms with van der Waals surface area (Å²) in [5.41, 5.74) is 0.601. The van der Waals surface area contributed by atoms with Crippen LogP contribution >= 0.6 is 12.4 Å². The van der Waals surface area contributed by atoms with Gasteiger partial charge in [0.05, 0.1) is 11.3 Å². The third-order valence-corrected chi connectivity index (χ3v) is 5.06. The molecular formula is C14H19ClF2N2O3S. The second kappa shape index (κ2) is 8.03. The summed E-state index contributed by atoms with van der Waals surface area (Å²) < 4.78 is 47.5. The summed E-state index contributed by atoms with van der Waals surface area (Å²) in [4.78, 5) is 13.6. The van der Waals surface area contributed by atoms with Crippen molar-refractivity contribution in [2.45, 2.75) is 30.0 Å². The van der Waals surface area contributed by atoms with Crippen LogP contribution in [0.15, 0.2) is 29.2 Å². The zero-order chi connectivity index (χ0) is 16.3. The van der Waals surface area contributed by atoms with Crippen molar-refractivity contribution >= 4 is 28.2 Å². The van der Waals surface area contributed by atoms with Crippen molar-refractivity contribution in [1.29, 1.82) is 0 Å². The molecule has 1 aliphatic heterocycles. The smallest absolute Gasteiger partial charge is 0.337 e. The molecule has 1 atom stereocenters.